The summed E-state index contributed by atoms with van der Waals surface area (Å²) in [6.07, 6.45) is 0.783. The van der Waals surface area contributed by atoms with E-state index in [0.717, 1.165) is 30.3 Å². The van der Waals surface area contributed by atoms with Crippen LogP contribution in [0.1, 0.15) is 27.2 Å². The Balaban J connectivity index is 0.00000441. The fraction of sp³-hybridized carbons (Fsp3) is 0.533. The molecule has 0 bridgehead atoms. The van der Waals surface area contributed by atoms with Gasteiger partial charge < -0.3 is 11.1 Å². The highest BCUT2D eigenvalue weighted by Crippen LogP contribution is 2.21. The minimum Gasteiger partial charge on any atom is -0.349 e. The smallest absolute Gasteiger partial charge is 0.230 e. The lowest BCUT2D eigenvalue weighted by atomic mass is 9.91. The van der Waals surface area contributed by atoms with E-state index in [0.29, 0.717) is 17.4 Å². The number of thioether (sulfide) groups is 1. The summed E-state index contributed by atoms with van der Waals surface area (Å²) in [5.74, 6) is -1.42. The summed E-state index contributed by atoms with van der Waals surface area (Å²) in [4.78, 5) is 12.5. The van der Waals surface area contributed by atoms with E-state index in [1.54, 1.807) is 0 Å². The molecule has 1 aromatic rings. The van der Waals surface area contributed by atoms with Gasteiger partial charge in [-0.2, -0.15) is 0 Å². The number of hydrogen-bond acceptors (Lipinski definition) is 3. The van der Waals surface area contributed by atoms with Gasteiger partial charge in [0.05, 0.1) is 5.75 Å². The van der Waals surface area contributed by atoms with Gasteiger partial charge in [-0.1, -0.05) is 13.8 Å². The van der Waals surface area contributed by atoms with Gasteiger partial charge in [0.25, 0.3) is 0 Å². The Labute approximate surface area is 140 Å². The molecule has 0 aliphatic carbocycles. The molecule has 3 nitrogen and oxygen atoms in total. The molecule has 0 saturated carbocycles. The van der Waals surface area contributed by atoms with E-state index < -0.39 is 17.2 Å². The Morgan fingerprint density at radius 2 is 2.00 bits per heavy atom. The monoisotopic (exact) mass is 352 g/mol. The van der Waals surface area contributed by atoms with Crippen molar-refractivity contribution in [1.82, 2.24) is 5.32 Å². The van der Waals surface area contributed by atoms with Gasteiger partial charge in [0.15, 0.2) is 11.6 Å². The molecule has 0 saturated heterocycles. The number of nitrogens with one attached hydrogen (secondary N) is 1. The van der Waals surface area contributed by atoms with Crippen LogP contribution in [0.4, 0.5) is 8.78 Å². The molecule has 1 unspecified atom stereocenters. The number of benzene rings is 1. The van der Waals surface area contributed by atoms with Gasteiger partial charge in [-0.15, -0.1) is 24.2 Å². The van der Waals surface area contributed by atoms with Crippen molar-refractivity contribution in [2.24, 2.45) is 11.7 Å². The van der Waals surface area contributed by atoms with E-state index in [9.17, 15) is 13.6 Å². The number of carbonyl (C=O) groups is 1. The lowest BCUT2D eigenvalue weighted by molar-refractivity contribution is -0.120. The van der Waals surface area contributed by atoms with E-state index in [2.05, 4.69) is 19.2 Å². The van der Waals surface area contributed by atoms with Gasteiger partial charge in [-0.3, -0.25) is 4.79 Å². The molecule has 0 aliphatic heterocycles. The summed E-state index contributed by atoms with van der Waals surface area (Å²) in [6, 6.07) is 3.59. The highest BCUT2D eigenvalue weighted by Gasteiger charge is 2.25. The molecule has 0 spiro atoms. The highest BCUT2D eigenvalue weighted by molar-refractivity contribution is 8.00. The van der Waals surface area contributed by atoms with Crippen LogP contribution in [0.3, 0.4) is 0 Å². The van der Waals surface area contributed by atoms with Crippen molar-refractivity contribution in [1.29, 1.82) is 0 Å². The molecular formula is C15H23ClF2N2OS. The topological polar surface area (TPSA) is 55.1 Å². The first-order valence-corrected chi connectivity index (χ1v) is 7.83. The average molecular weight is 353 g/mol. The molecule has 0 radical (unpaired) electrons. The third-order valence-electron chi connectivity index (χ3n) is 3.01. The predicted molar refractivity (Wildman–Crippen MR) is 89.4 cm³/mol. The van der Waals surface area contributed by atoms with Gasteiger partial charge >= 0.3 is 0 Å². The number of rotatable bonds is 7. The molecule has 0 fully saturated rings. The maximum atomic E-state index is 13.1. The molecule has 22 heavy (non-hydrogen) atoms. The molecule has 1 amide bonds. The summed E-state index contributed by atoms with van der Waals surface area (Å²) >= 11 is 1.16. The fourth-order valence-electron chi connectivity index (χ4n) is 2.17. The molecular weight excluding hydrogens is 330 g/mol. The molecule has 126 valence electrons. The first-order valence-electron chi connectivity index (χ1n) is 6.84. The third-order valence-corrected chi connectivity index (χ3v) is 4.01. The van der Waals surface area contributed by atoms with E-state index in [1.807, 2.05) is 6.92 Å². The van der Waals surface area contributed by atoms with Gasteiger partial charge in [0.2, 0.25) is 5.91 Å². The van der Waals surface area contributed by atoms with Crippen LogP contribution < -0.4 is 11.1 Å². The first kappa shape index (κ1) is 21.1. The lowest BCUT2D eigenvalue weighted by Crippen LogP contribution is -2.52. The van der Waals surface area contributed by atoms with Gasteiger partial charge in [-0.05, 0) is 37.5 Å². The molecule has 1 rings (SSSR count). The summed E-state index contributed by atoms with van der Waals surface area (Å²) in [5.41, 5.74) is 5.29. The van der Waals surface area contributed by atoms with Crippen LogP contribution in [-0.2, 0) is 4.79 Å². The number of halogens is 3. The van der Waals surface area contributed by atoms with Crippen molar-refractivity contribution in [3.05, 3.63) is 29.8 Å². The summed E-state index contributed by atoms with van der Waals surface area (Å²) in [5, 5.41) is 2.92. The number of nitrogens with two attached hydrogens (primary N) is 1. The minimum absolute atomic E-state index is 0. The standard InChI is InChI=1S/C15H22F2N2OS.ClH/c1-10(2)7-15(3,9-18)19-14(20)8-21-11-4-5-12(16)13(17)6-11;/h4-6,10H,7-9,18H2,1-3H3,(H,19,20);1H. The Bertz CT molecular complexity index is 502. The zero-order chi connectivity index (χ0) is 16.0. The average Bonchev–Trinajstić information content (AvgIpc) is 2.39. The maximum Gasteiger partial charge on any atom is 0.230 e. The second-order valence-corrected chi connectivity index (χ2v) is 6.82. The summed E-state index contributed by atoms with van der Waals surface area (Å²) in [6.45, 7) is 6.39. The highest BCUT2D eigenvalue weighted by atomic mass is 35.5. The van der Waals surface area contributed by atoms with Crippen molar-refractivity contribution in [2.45, 2.75) is 37.6 Å². The summed E-state index contributed by atoms with van der Waals surface area (Å²) < 4.78 is 25.9. The van der Waals surface area contributed by atoms with Gasteiger partial charge in [0, 0.05) is 17.0 Å². The molecule has 0 aliphatic rings. The molecule has 0 aromatic heterocycles. The zero-order valence-corrected chi connectivity index (χ0v) is 14.6. The number of carbonyl (C=O) groups excluding carboxylic acids is 1. The van der Waals surface area contributed by atoms with Crippen molar-refractivity contribution in [3.8, 4) is 0 Å². The van der Waals surface area contributed by atoms with E-state index in [1.165, 1.54) is 6.07 Å². The second kappa shape index (κ2) is 9.33. The minimum atomic E-state index is -0.910. The molecule has 3 N–H and O–H groups in total. The van der Waals surface area contributed by atoms with Crippen LogP contribution in [0.5, 0.6) is 0 Å². The molecule has 1 atom stereocenters. The zero-order valence-electron chi connectivity index (χ0n) is 13.0. The summed E-state index contributed by atoms with van der Waals surface area (Å²) in [7, 11) is 0. The predicted octanol–water partition coefficient (Wildman–Crippen LogP) is 3.36. The maximum absolute atomic E-state index is 13.1. The van der Waals surface area contributed by atoms with Crippen LogP contribution in [0.25, 0.3) is 0 Å². The largest absolute Gasteiger partial charge is 0.349 e. The van der Waals surface area contributed by atoms with Crippen LogP contribution in [0, 0.1) is 17.6 Å². The Kier molecular flexibility index (Phi) is 8.96. The Morgan fingerprint density at radius 3 is 2.50 bits per heavy atom. The van der Waals surface area contributed by atoms with Crippen molar-refractivity contribution < 1.29 is 13.6 Å². The van der Waals surface area contributed by atoms with Crippen molar-refractivity contribution >= 4 is 30.1 Å². The van der Waals surface area contributed by atoms with Gasteiger partial charge in [0.1, 0.15) is 0 Å². The first-order chi connectivity index (χ1) is 9.75. The second-order valence-electron chi connectivity index (χ2n) is 5.78. The fourth-order valence-corrected chi connectivity index (χ4v) is 2.90. The molecule has 1 aromatic carbocycles. The van der Waals surface area contributed by atoms with Crippen LogP contribution in [0.2, 0.25) is 0 Å². The van der Waals surface area contributed by atoms with E-state index in [-0.39, 0.29) is 24.1 Å². The quantitative estimate of drug-likeness (QED) is 0.740. The van der Waals surface area contributed by atoms with Crippen molar-refractivity contribution in [2.75, 3.05) is 12.3 Å². The Hall–Kier alpha value is -0.850. The lowest BCUT2D eigenvalue weighted by Gasteiger charge is -2.31. The normalized spacial score (nSPS) is 13.4. The van der Waals surface area contributed by atoms with E-state index >= 15 is 0 Å². The third kappa shape index (κ3) is 6.94. The van der Waals surface area contributed by atoms with Crippen molar-refractivity contribution in [3.63, 3.8) is 0 Å². The van der Waals surface area contributed by atoms with Crippen LogP contribution >= 0.6 is 24.2 Å². The number of amides is 1. The SMILES string of the molecule is CC(C)CC(C)(CN)NC(=O)CSc1ccc(F)c(F)c1.Cl. The number of hydrogen-bond donors (Lipinski definition) is 2. The van der Waals surface area contributed by atoms with E-state index in [4.69, 9.17) is 5.73 Å². The van der Waals surface area contributed by atoms with Crippen LogP contribution in [-0.4, -0.2) is 23.7 Å². The Morgan fingerprint density at radius 1 is 1.36 bits per heavy atom. The molecule has 0 heterocycles. The van der Waals surface area contributed by atoms with Crippen LogP contribution in [0.15, 0.2) is 23.1 Å². The van der Waals surface area contributed by atoms with Gasteiger partial charge in [-0.25, -0.2) is 8.78 Å². The molecule has 7 heteroatoms.